The van der Waals surface area contributed by atoms with Crippen molar-refractivity contribution in [3.8, 4) is 5.75 Å². The number of carbonyl (C=O) groups excluding carboxylic acids is 2. The number of hydrogen-bond acceptors (Lipinski definition) is 5. The molecule has 2 heterocycles. The minimum Gasteiger partial charge on any atom is -0.492 e. The molecule has 0 radical (unpaired) electrons. The first kappa shape index (κ1) is 20.8. The Hall–Kier alpha value is -1.93. The molecule has 28 heavy (non-hydrogen) atoms. The number of sulfonamides is 1. The van der Waals surface area contributed by atoms with Gasteiger partial charge in [0.2, 0.25) is 15.9 Å². The van der Waals surface area contributed by atoms with Crippen LogP contribution in [-0.4, -0.2) is 62.1 Å². The molecule has 0 atom stereocenters. The monoisotopic (exact) mass is 408 g/mol. The Kier molecular flexibility index (Phi) is 5.82. The Balaban J connectivity index is 1.92. The van der Waals surface area contributed by atoms with Gasteiger partial charge in [-0.15, -0.1) is 0 Å². The molecule has 0 aromatic heterocycles. The van der Waals surface area contributed by atoms with Crippen LogP contribution in [0.25, 0.3) is 0 Å². The van der Waals surface area contributed by atoms with Crippen LogP contribution < -0.4 is 4.74 Å². The molecule has 2 aliphatic rings. The predicted molar refractivity (Wildman–Crippen MR) is 104 cm³/mol. The first-order valence-corrected chi connectivity index (χ1v) is 11.1. The molecule has 0 aliphatic carbocycles. The number of piperidine rings is 1. The van der Waals surface area contributed by atoms with Crippen LogP contribution >= 0.6 is 0 Å². The molecule has 0 saturated carbocycles. The fourth-order valence-electron chi connectivity index (χ4n) is 3.92. The van der Waals surface area contributed by atoms with Crippen LogP contribution in [0.4, 0.5) is 0 Å². The summed E-state index contributed by atoms with van der Waals surface area (Å²) in [6.45, 7) is 6.70. The highest BCUT2D eigenvalue weighted by Crippen LogP contribution is 2.39. The number of fused-ring (bicyclic) bond motifs is 1. The normalized spacial score (nSPS) is 21.5. The molecular weight excluding hydrogens is 380 g/mol. The van der Waals surface area contributed by atoms with Crippen molar-refractivity contribution in [3.05, 3.63) is 24.3 Å². The molecule has 3 rings (SSSR count). The predicted octanol–water partition coefficient (Wildman–Crippen LogP) is 1.92. The minimum absolute atomic E-state index is 0.0656. The van der Waals surface area contributed by atoms with E-state index >= 15 is 0 Å². The molecule has 154 valence electrons. The Morgan fingerprint density at radius 3 is 2.43 bits per heavy atom. The number of hydrogen-bond donors (Lipinski definition) is 0. The summed E-state index contributed by atoms with van der Waals surface area (Å²) in [5, 5.41) is 0. The van der Waals surface area contributed by atoms with Gasteiger partial charge < -0.3 is 9.64 Å². The van der Waals surface area contributed by atoms with Gasteiger partial charge in [0.1, 0.15) is 16.4 Å². The highest BCUT2D eigenvalue weighted by atomic mass is 32.2. The molecule has 1 amide bonds. The van der Waals surface area contributed by atoms with Crippen LogP contribution in [0.1, 0.15) is 33.6 Å². The van der Waals surface area contributed by atoms with E-state index in [0.29, 0.717) is 38.3 Å². The topological polar surface area (TPSA) is 84.0 Å². The fraction of sp³-hybridized carbons (Fsp3) is 0.600. The lowest BCUT2D eigenvalue weighted by Gasteiger charge is -2.45. The molecule has 2 aliphatic heterocycles. The maximum Gasteiger partial charge on any atom is 0.247 e. The third-order valence-electron chi connectivity index (χ3n) is 5.54. The molecule has 1 aromatic carbocycles. The van der Waals surface area contributed by atoms with Crippen LogP contribution in [-0.2, 0) is 19.6 Å². The average molecular weight is 409 g/mol. The van der Waals surface area contributed by atoms with Gasteiger partial charge in [0.15, 0.2) is 0 Å². The number of para-hydroxylation sites is 1. The van der Waals surface area contributed by atoms with Crippen molar-refractivity contribution in [2.75, 3.05) is 32.8 Å². The zero-order valence-corrected chi connectivity index (χ0v) is 17.5. The maximum atomic E-state index is 13.2. The standard InChI is InChI=1S/C20H28N2O5S/c1-15(2)19(24)21-10-8-20(9-11-21)13-22(12-16(3)23)28(25,26)18-7-5-4-6-17(18)27-14-20/h4-7,15H,8-14H2,1-3H3. The Labute approximate surface area is 166 Å². The van der Waals surface area contributed by atoms with E-state index in [0.717, 1.165) is 0 Å². The third-order valence-corrected chi connectivity index (χ3v) is 7.37. The Morgan fingerprint density at radius 1 is 1.18 bits per heavy atom. The quantitative estimate of drug-likeness (QED) is 0.763. The Bertz CT molecular complexity index is 857. The van der Waals surface area contributed by atoms with Gasteiger partial charge in [-0.1, -0.05) is 26.0 Å². The Morgan fingerprint density at radius 2 is 1.82 bits per heavy atom. The highest BCUT2D eigenvalue weighted by Gasteiger charge is 2.43. The number of ketones is 1. The largest absolute Gasteiger partial charge is 0.492 e. The lowest BCUT2D eigenvalue weighted by molar-refractivity contribution is -0.137. The van der Waals surface area contributed by atoms with Gasteiger partial charge in [-0.2, -0.15) is 4.31 Å². The second kappa shape index (κ2) is 7.83. The summed E-state index contributed by atoms with van der Waals surface area (Å²) in [5.41, 5.74) is -0.427. The minimum atomic E-state index is -3.85. The molecule has 1 saturated heterocycles. The van der Waals surface area contributed by atoms with Gasteiger partial charge in [-0.3, -0.25) is 9.59 Å². The van der Waals surface area contributed by atoms with Crippen LogP contribution in [0.15, 0.2) is 29.2 Å². The van der Waals surface area contributed by atoms with E-state index in [-0.39, 0.29) is 35.6 Å². The van der Waals surface area contributed by atoms with Crippen molar-refractivity contribution in [3.63, 3.8) is 0 Å². The van der Waals surface area contributed by atoms with Crippen LogP contribution in [0.3, 0.4) is 0 Å². The van der Waals surface area contributed by atoms with E-state index in [1.54, 1.807) is 18.2 Å². The van der Waals surface area contributed by atoms with Crippen LogP contribution in [0.2, 0.25) is 0 Å². The third kappa shape index (κ3) is 4.07. The maximum absolute atomic E-state index is 13.2. The summed E-state index contributed by atoms with van der Waals surface area (Å²) >= 11 is 0. The SMILES string of the molecule is CC(=O)CN1CC2(CCN(C(=O)C(C)C)CC2)COc2ccccc2S1(=O)=O. The molecule has 1 fully saturated rings. The lowest BCUT2D eigenvalue weighted by Crippen LogP contribution is -2.53. The van der Waals surface area contributed by atoms with Gasteiger partial charge in [0.25, 0.3) is 0 Å². The van der Waals surface area contributed by atoms with Gasteiger partial charge in [-0.05, 0) is 31.9 Å². The van der Waals surface area contributed by atoms with E-state index in [2.05, 4.69) is 0 Å². The van der Waals surface area contributed by atoms with Gasteiger partial charge in [0, 0.05) is 31.0 Å². The van der Waals surface area contributed by atoms with Crippen molar-refractivity contribution in [1.82, 2.24) is 9.21 Å². The van der Waals surface area contributed by atoms with Crippen LogP contribution in [0, 0.1) is 11.3 Å². The van der Waals surface area contributed by atoms with Crippen LogP contribution in [0.5, 0.6) is 5.75 Å². The van der Waals surface area contributed by atoms with E-state index in [1.165, 1.54) is 17.3 Å². The van der Waals surface area contributed by atoms with Gasteiger partial charge in [-0.25, -0.2) is 8.42 Å². The van der Waals surface area contributed by atoms with Gasteiger partial charge >= 0.3 is 0 Å². The second-order valence-electron chi connectivity index (χ2n) is 8.19. The zero-order chi connectivity index (χ0) is 20.5. The highest BCUT2D eigenvalue weighted by molar-refractivity contribution is 7.89. The summed E-state index contributed by atoms with van der Waals surface area (Å²) in [7, 11) is -3.85. The molecule has 1 aromatic rings. The molecular formula is C20H28N2O5S. The molecule has 0 bridgehead atoms. The average Bonchev–Trinajstić information content (AvgIpc) is 2.65. The van der Waals surface area contributed by atoms with E-state index in [1.807, 2.05) is 18.7 Å². The number of amides is 1. The van der Waals surface area contributed by atoms with Crippen molar-refractivity contribution < 1.29 is 22.7 Å². The van der Waals surface area contributed by atoms with Crippen molar-refractivity contribution in [2.24, 2.45) is 11.3 Å². The molecule has 0 N–H and O–H groups in total. The summed E-state index contributed by atoms with van der Waals surface area (Å²) in [5.74, 6) is 0.158. The summed E-state index contributed by atoms with van der Waals surface area (Å²) in [6, 6.07) is 6.55. The molecule has 7 nitrogen and oxygen atoms in total. The summed E-state index contributed by atoms with van der Waals surface area (Å²) in [6.07, 6.45) is 1.27. The second-order valence-corrected chi connectivity index (χ2v) is 10.1. The smallest absolute Gasteiger partial charge is 0.247 e. The first-order valence-electron chi connectivity index (χ1n) is 9.65. The van der Waals surface area contributed by atoms with Gasteiger partial charge in [0.05, 0.1) is 13.2 Å². The number of rotatable bonds is 3. The van der Waals surface area contributed by atoms with Crippen molar-refractivity contribution in [2.45, 2.75) is 38.5 Å². The number of benzene rings is 1. The first-order chi connectivity index (χ1) is 13.1. The number of nitrogens with zero attached hydrogens (tertiary/aromatic N) is 2. The number of likely N-dealkylation sites (tertiary alicyclic amines) is 1. The summed E-state index contributed by atoms with van der Waals surface area (Å²) < 4.78 is 33.7. The molecule has 8 heteroatoms. The lowest BCUT2D eigenvalue weighted by atomic mass is 9.78. The zero-order valence-electron chi connectivity index (χ0n) is 16.7. The van der Waals surface area contributed by atoms with E-state index in [9.17, 15) is 18.0 Å². The fourth-order valence-corrected chi connectivity index (χ4v) is 5.62. The van der Waals surface area contributed by atoms with E-state index < -0.39 is 15.4 Å². The van der Waals surface area contributed by atoms with E-state index in [4.69, 9.17) is 4.74 Å². The van der Waals surface area contributed by atoms with Crippen molar-refractivity contribution in [1.29, 1.82) is 0 Å². The van der Waals surface area contributed by atoms with Crippen molar-refractivity contribution >= 4 is 21.7 Å². The number of Topliss-reactive ketones (excluding diaryl/α,β-unsaturated/α-hetero) is 1. The molecule has 0 unspecified atom stereocenters. The molecule has 1 spiro atoms. The number of carbonyl (C=O) groups is 2. The summed E-state index contributed by atoms with van der Waals surface area (Å²) in [4.78, 5) is 26.1. The number of ether oxygens (including phenoxy) is 1.